The summed E-state index contributed by atoms with van der Waals surface area (Å²) in [6.07, 6.45) is 5.48. The first-order chi connectivity index (χ1) is 9.61. The maximum Gasteiger partial charge on any atom is 0.141 e. The molecule has 1 unspecified atom stereocenters. The molecule has 1 N–H and O–H groups in total. The molecular formula is C15H19ClFN3. The van der Waals surface area contributed by atoms with Crippen molar-refractivity contribution in [3.8, 4) is 0 Å². The molecule has 0 saturated carbocycles. The van der Waals surface area contributed by atoms with Crippen molar-refractivity contribution in [3.05, 3.63) is 52.8 Å². The zero-order chi connectivity index (χ0) is 14.5. The van der Waals surface area contributed by atoms with Gasteiger partial charge in [0.15, 0.2) is 0 Å². The van der Waals surface area contributed by atoms with E-state index in [1.54, 1.807) is 18.3 Å². The molecule has 0 amide bonds. The summed E-state index contributed by atoms with van der Waals surface area (Å²) in [5.74, 6) is 0.598. The quantitative estimate of drug-likeness (QED) is 0.884. The van der Waals surface area contributed by atoms with E-state index < -0.39 is 0 Å². The normalized spacial score (nSPS) is 12.6. The van der Waals surface area contributed by atoms with E-state index in [2.05, 4.69) is 17.2 Å². The van der Waals surface area contributed by atoms with Crippen molar-refractivity contribution in [2.24, 2.45) is 7.05 Å². The Hall–Kier alpha value is -1.39. The molecule has 0 spiro atoms. The summed E-state index contributed by atoms with van der Waals surface area (Å²) in [5.41, 5.74) is 0.979. The second kappa shape index (κ2) is 6.86. The minimum atomic E-state index is -0.387. The standard InChI is InChI=1S/C15H19ClFN3/c1-3-6-18-14(10-15-19-7-8-20(15)2)11-4-5-13(17)12(16)9-11/h4-5,7-9,14,18H,3,6,10H2,1-2H3. The lowest BCUT2D eigenvalue weighted by Gasteiger charge is -2.19. The molecule has 108 valence electrons. The fraction of sp³-hybridized carbons (Fsp3) is 0.400. The van der Waals surface area contributed by atoms with Crippen molar-refractivity contribution in [2.75, 3.05) is 6.54 Å². The Morgan fingerprint density at radius 2 is 2.25 bits per heavy atom. The van der Waals surface area contributed by atoms with Crippen LogP contribution in [-0.4, -0.2) is 16.1 Å². The van der Waals surface area contributed by atoms with Crippen LogP contribution in [0.3, 0.4) is 0 Å². The Morgan fingerprint density at radius 3 is 2.85 bits per heavy atom. The van der Waals surface area contributed by atoms with Gasteiger partial charge in [0.1, 0.15) is 11.6 Å². The monoisotopic (exact) mass is 295 g/mol. The van der Waals surface area contributed by atoms with Crippen LogP contribution in [0, 0.1) is 5.82 Å². The third-order valence-electron chi connectivity index (χ3n) is 3.29. The molecule has 0 saturated heterocycles. The third kappa shape index (κ3) is 3.58. The largest absolute Gasteiger partial charge is 0.338 e. The van der Waals surface area contributed by atoms with Crippen LogP contribution in [-0.2, 0) is 13.5 Å². The first kappa shape index (κ1) is 15.0. The number of rotatable bonds is 6. The maximum absolute atomic E-state index is 13.3. The minimum Gasteiger partial charge on any atom is -0.338 e. The van der Waals surface area contributed by atoms with Crippen LogP contribution in [0.5, 0.6) is 0 Å². The predicted octanol–water partition coefficient (Wildman–Crippen LogP) is 3.50. The van der Waals surface area contributed by atoms with Gasteiger partial charge in [-0.05, 0) is 30.7 Å². The van der Waals surface area contributed by atoms with Crippen molar-refractivity contribution in [1.82, 2.24) is 14.9 Å². The lowest BCUT2D eigenvalue weighted by Crippen LogP contribution is -2.25. The highest BCUT2D eigenvalue weighted by molar-refractivity contribution is 6.30. The molecule has 3 nitrogen and oxygen atoms in total. The third-order valence-corrected chi connectivity index (χ3v) is 3.58. The van der Waals surface area contributed by atoms with E-state index in [4.69, 9.17) is 11.6 Å². The predicted molar refractivity (Wildman–Crippen MR) is 79.4 cm³/mol. The van der Waals surface area contributed by atoms with Crippen LogP contribution in [0.2, 0.25) is 5.02 Å². The molecule has 5 heteroatoms. The lowest BCUT2D eigenvalue weighted by molar-refractivity contribution is 0.510. The summed E-state index contributed by atoms with van der Waals surface area (Å²) in [6.45, 7) is 3.01. The van der Waals surface area contributed by atoms with E-state index in [0.29, 0.717) is 0 Å². The van der Waals surface area contributed by atoms with Crippen molar-refractivity contribution < 1.29 is 4.39 Å². The molecular weight excluding hydrogens is 277 g/mol. The number of halogens is 2. The second-order valence-corrected chi connectivity index (χ2v) is 5.25. The van der Waals surface area contributed by atoms with Gasteiger partial charge in [0, 0.05) is 31.9 Å². The molecule has 1 atom stereocenters. The van der Waals surface area contributed by atoms with Gasteiger partial charge in [-0.3, -0.25) is 0 Å². The van der Waals surface area contributed by atoms with Gasteiger partial charge >= 0.3 is 0 Å². The number of nitrogens with one attached hydrogen (secondary N) is 1. The van der Waals surface area contributed by atoms with Crippen molar-refractivity contribution in [2.45, 2.75) is 25.8 Å². The highest BCUT2D eigenvalue weighted by Crippen LogP contribution is 2.23. The van der Waals surface area contributed by atoms with Crippen LogP contribution in [0.1, 0.15) is 30.8 Å². The fourth-order valence-electron chi connectivity index (χ4n) is 2.13. The van der Waals surface area contributed by atoms with Crippen LogP contribution in [0.15, 0.2) is 30.6 Å². The molecule has 1 heterocycles. The summed E-state index contributed by atoms with van der Waals surface area (Å²) in [5, 5.41) is 3.62. The SMILES string of the molecule is CCCNC(Cc1nccn1C)c1ccc(F)c(Cl)c1. The van der Waals surface area contributed by atoms with E-state index in [1.165, 1.54) is 6.07 Å². The first-order valence-electron chi connectivity index (χ1n) is 6.76. The number of aryl methyl sites for hydroxylation is 1. The zero-order valence-corrected chi connectivity index (χ0v) is 12.5. The summed E-state index contributed by atoms with van der Waals surface area (Å²) in [7, 11) is 1.97. The smallest absolute Gasteiger partial charge is 0.141 e. The van der Waals surface area contributed by atoms with Gasteiger partial charge in [0.05, 0.1) is 5.02 Å². The van der Waals surface area contributed by atoms with Crippen LogP contribution < -0.4 is 5.32 Å². The molecule has 1 aromatic carbocycles. The number of nitrogens with zero attached hydrogens (tertiary/aromatic N) is 2. The first-order valence-corrected chi connectivity index (χ1v) is 7.14. The summed E-state index contributed by atoms with van der Waals surface area (Å²) >= 11 is 5.88. The number of aromatic nitrogens is 2. The van der Waals surface area contributed by atoms with Crippen LogP contribution in [0.25, 0.3) is 0 Å². The highest BCUT2D eigenvalue weighted by Gasteiger charge is 2.15. The number of hydrogen-bond donors (Lipinski definition) is 1. The second-order valence-electron chi connectivity index (χ2n) is 4.84. The van der Waals surface area contributed by atoms with Gasteiger partial charge in [0.2, 0.25) is 0 Å². The topological polar surface area (TPSA) is 29.9 Å². The minimum absolute atomic E-state index is 0.0779. The maximum atomic E-state index is 13.3. The molecule has 0 bridgehead atoms. The average molecular weight is 296 g/mol. The van der Waals surface area contributed by atoms with E-state index in [1.807, 2.05) is 17.8 Å². The number of imidazole rings is 1. The van der Waals surface area contributed by atoms with Crippen molar-refractivity contribution in [3.63, 3.8) is 0 Å². The van der Waals surface area contributed by atoms with Crippen molar-refractivity contribution in [1.29, 1.82) is 0 Å². The Morgan fingerprint density at radius 1 is 1.45 bits per heavy atom. The Labute approximate surface area is 123 Å². The molecule has 0 radical (unpaired) electrons. The average Bonchev–Trinajstić information content (AvgIpc) is 2.83. The van der Waals surface area contributed by atoms with Crippen LogP contribution >= 0.6 is 11.6 Å². The van der Waals surface area contributed by atoms with Gasteiger partial charge in [-0.25, -0.2) is 9.37 Å². The van der Waals surface area contributed by atoms with Gasteiger partial charge < -0.3 is 9.88 Å². The molecule has 1 aromatic heterocycles. The fourth-order valence-corrected chi connectivity index (χ4v) is 2.32. The van der Waals surface area contributed by atoms with Crippen molar-refractivity contribution >= 4 is 11.6 Å². The van der Waals surface area contributed by atoms with Gasteiger partial charge in [-0.2, -0.15) is 0 Å². The molecule has 0 aliphatic heterocycles. The molecule has 0 aliphatic carbocycles. The van der Waals surface area contributed by atoms with Crippen LogP contribution in [0.4, 0.5) is 4.39 Å². The Bertz CT molecular complexity index is 568. The van der Waals surface area contributed by atoms with E-state index in [-0.39, 0.29) is 16.9 Å². The highest BCUT2D eigenvalue weighted by atomic mass is 35.5. The molecule has 0 fully saturated rings. The Kier molecular flexibility index (Phi) is 5.15. The van der Waals surface area contributed by atoms with E-state index in [0.717, 1.165) is 30.8 Å². The molecule has 2 aromatic rings. The van der Waals surface area contributed by atoms with E-state index >= 15 is 0 Å². The Balaban J connectivity index is 2.22. The lowest BCUT2D eigenvalue weighted by atomic mass is 10.0. The number of benzene rings is 1. The van der Waals surface area contributed by atoms with Gasteiger partial charge in [-0.15, -0.1) is 0 Å². The van der Waals surface area contributed by atoms with Gasteiger partial charge in [-0.1, -0.05) is 24.6 Å². The zero-order valence-electron chi connectivity index (χ0n) is 11.7. The molecule has 0 aliphatic rings. The summed E-state index contributed by atoms with van der Waals surface area (Å²) in [4.78, 5) is 4.35. The summed E-state index contributed by atoms with van der Waals surface area (Å²) in [6, 6.07) is 4.95. The molecule has 20 heavy (non-hydrogen) atoms. The van der Waals surface area contributed by atoms with Gasteiger partial charge in [0.25, 0.3) is 0 Å². The van der Waals surface area contributed by atoms with E-state index in [9.17, 15) is 4.39 Å². The number of hydrogen-bond acceptors (Lipinski definition) is 2. The molecule has 2 rings (SSSR count). The summed E-state index contributed by atoms with van der Waals surface area (Å²) < 4.78 is 15.3.